The molecule has 5 nitrogen and oxygen atoms in total. The van der Waals surface area contributed by atoms with E-state index in [0.29, 0.717) is 13.1 Å². The number of hydrogen-bond acceptors (Lipinski definition) is 2. The highest BCUT2D eigenvalue weighted by Crippen LogP contribution is 2.10. The largest absolute Gasteiger partial charge is 0.271 e. The molecule has 0 fully saturated rings. The smallest absolute Gasteiger partial charge is 0.0923 e. The van der Waals surface area contributed by atoms with E-state index in [0.717, 1.165) is 10.9 Å². The molecular weight excluding hydrogens is 178 g/mol. The fourth-order valence-corrected chi connectivity index (χ4v) is 1.32. The van der Waals surface area contributed by atoms with Crippen molar-refractivity contribution in [2.45, 2.75) is 6.54 Å². The van der Waals surface area contributed by atoms with Crippen LogP contribution in [0.3, 0.4) is 0 Å². The molecular formula is C9H9N5. The number of fused-ring (bicyclic) bond motifs is 1. The first-order valence-electron chi connectivity index (χ1n) is 4.33. The summed E-state index contributed by atoms with van der Waals surface area (Å²) in [5, 5.41) is 8.88. The van der Waals surface area contributed by atoms with E-state index < -0.39 is 0 Å². The monoisotopic (exact) mass is 187 g/mol. The lowest BCUT2D eigenvalue weighted by Gasteiger charge is -1.93. The van der Waals surface area contributed by atoms with Gasteiger partial charge in [-0.2, -0.15) is 5.10 Å². The van der Waals surface area contributed by atoms with Crippen LogP contribution in [-0.4, -0.2) is 16.3 Å². The van der Waals surface area contributed by atoms with E-state index in [1.165, 1.54) is 0 Å². The van der Waals surface area contributed by atoms with Gasteiger partial charge in [-0.25, -0.2) is 0 Å². The Bertz CT molecular complexity index is 448. The number of nitrogens with zero attached hydrogens (tertiary/aromatic N) is 5. The molecule has 0 radical (unpaired) electrons. The minimum absolute atomic E-state index is 0.435. The maximum atomic E-state index is 8.11. The lowest BCUT2D eigenvalue weighted by molar-refractivity contribution is 0.630. The van der Waals surface area contributed by atoms with E-state index in [2.05, 4.69) is 15.1 Å². The number of rotatable bonds is 3. The summed E-state index contributed by atoms with van der Waals surface area (Å²) in [5.74, 6) is 0. The van der Waals surface area contributed by atoms with Crippen molar-refractivity contribution in [3.63, 3.8) is 0 Å². The summed E-state index contributed by atoms with van der Waals surface area (Å²) in [6, 6.07) is 7.89. The van der Waals surface area contributed by atoms with Crippen LogP contribution in [0.1, 0.15) is 0 Å². The summed E-state index contributed by atoms with van der Waals surface area (Å²) >= 11 is 0. The predicted molar refractivity (Wildman–Crippen MR) is 53.7 cm³/mol. The molecule has 5 heteroatoms. The lowest BCUT2D eigenvalue weighted by Crippen LogP contribution is -2.00. The summed E-state index contributed by atoms with van der Waals surface area (Å²) in [6.45, 7) is 1.06. The van der Waals surface area contributed by atoms with Crippen LogP contribution in [0.25, 0.3) is 21.3 Å². The molecule has 0 N–H and O–H groups in total. The van der Waals surface area contributed by atoms with Crippen molar-refractivity contribution >= 4 is 10.9 Å². The lowest BCUT2D eigenvalue weighted by atomic mass is 10.3. The topological polar surface area (TPSA) is 66.6 Å². The van der Waals surface area contributed by atoms with Crippen molar-refractivity contribution in [2.24, 2.45) is 5.11 Å². The fraction of sp³-hybridized carbons (Fsp3) is 0.222. The first-order valence-corrected chi connectivity index (χ1v) is 4.33. The van der Waals surface area contributed by atoms with Crippen LogP contribution >= 0.6 is 0 Å². The van der Waals surface area contributed by atoms with E-state index in [-0.39, 0.29) is 0 Å². The second-order valence-electron chi connectivity index (χ2n) is 2.91. The molecule has 1 aromatic carbocycles. The Hall–Kier alpha value is -2.00. The second-order valence-corrected chi connectivity index (χ2v) is 2.91. The number of benzene rings is 1. The minimum Gasteiger partial charge on any atom is -0.271 e. The average molecular weight is 187 g/mol. The Kier molecular flexibility index (Phi) is 2.34. The summed E-state index contributed by atoms with van der Waals surface area (Å²) < 4.78 is 1.79. The molecule has 1 heterocycles. The molecule has 0 spiro atoms. The van der Waals surface area contributed by atoms with E-state index in [1.54, 1.807) is 4.68 Å². The Morgan fingerprint density at radius 3 is 3.07 bits per heavy atom. The number of aromatic nitrogens is 2. The normalized spacial score (nSPS) is 10.0. The van der Waals surface area contributed by atoms with Crippen LogP contribution in [0.2, 0.25) is 0 Å². The highest BCUT2D eigenvalue weighted by Gasteiger charge is 1.97. The van der Waals surface area contributed by atoms with Gasteiger partial charge < -0.3 is 0 Å². The van der Waals surface area contributed by atoms with Gasteiger partial charge in [0.05, 0.1) is 5.52 Å². The molecule has 0 aliphatic rings. The molecule has 14 heavy (non-hydrogen) atoms. The van der Waals surface area contributed by atoms with Gasteiger partial charge in [0.1, 0.15) is 0 Å². The van der Waals surface area contributed by atoms with E-state index >= 15 is 0 Å². The molecule has 2 aromatic rings. The van der Waals surface area contributed by atoms with Gasteiger partial charge in [0.25, 0.3) is 0 Å². The molecule has 2 rings (SSSR count). The first-order chi connectivity index (χ1) is 6.90. The molecule has 0 aliphatic heterocycles. The summed E-state index contributed by atoms with van der Waals surface area (Å²) in [7, 11) is 0. The van der Waals surface area contributed by atoms with Gasteiger partial charge in [0, 0.05) is 29.6 Å². The molecule has 0 bridgehead atoms. The summed E-state index contributed by atoms with van der Waals surface area (Å²) in [4.78, 5) is 2.69. The Morgan fingerprint density at radius 2 is 2.29 bits per heavy atom. The molecule has 70 valence electrons. The molecule has 0 unspecified atom stereocenters. The fourth-order valence-electron chi connectivity index (χ4n) is 1.32. The van der Waals surface area contributed by atoms with Crippen molar-refractivity contribution in [3.8, 4) is 0 Å². The summed E-state index contributed by atoms with van der Waals surface area (Å²) in [6.07, 6.45) is 1.95. The third-order valence-electron chi connectivity index (χ3n) is 1.95. The quantitative estimate of drug-likeness (QED) is 0.413. The van der Waals surface area contributed by atoms with Crippen LogP contribution in [0, 0.1) is 0 Å². The SMILES string of the molecule is [N-]=[N+]=NCCn1cc2ccccc2n1. The van der Waals surface area contributed by atoms with Crippen LogP contribution < -0.4 is 0 Å². The Balaban J connectivity index is 2.22. The van der Waals surface area contributed by atoms with Gasteiger partial charge in [-0.1, -0.05) is 23.3 Å². The zero-order valence-electron chi connectivity index (χ0n) is 7.54. The Morgan fingerprint density at radius 1 is 1.43 bits per heavy atom. The van der Waals surface area contributed by atoms with Crippen molar-refractivity contribution < 1.29 is 0 Å². The van der Waals surface area contributed by atoms with Crippen molar-refractivity contribution in [2.75, 3.05) is 6.54 Å². The van der Waals surface area contributed by atoms with Crippen LogP contribution in [0.15, 0.2) is 35.6 Å². The predicted octanol–water partition coefficient (Wildman–Crippen LogP) is 2.35. The maximum absolute atomic E-state index is 8.11. The van der Waals surface area contributed by atoms with Crippen LogP contribution in [0.5, 0.6) is 0 Å². The van der Waals surface area contributed by atoms with Gasteiger partial charge >= 0.3 is 0 Å². The number of hydrogen-bond donors (Lipinski definition) is 0. The van der Waals surface area contributed by atoms with Crippen LogP contribution in [-0.2, 0) is 6.54 Å². The molecule has 0 aliphatic carbocycles. The standard InChI is InChI=1S/C9H9N5/c10-13-11-5-6-14-7-8-3-1-2-4-9(8)12-14/h1-4,7H,5-6H2. The highest BCUT2D eigenvalue weighted by molar-refractivity contribution is 5.77. The third-order valence-corrected chi connectivity index (χ3v) is 1.95. The molecule has 0 saturated heterocycles. The van der Waals surface area contributed by atoms with Gasteiger partial charge in [0.2, 0.25) is 0 Å². The van der Waals surface area contributed by atoms with Crippen molar-refractivity contribution in [1.29, 1.82) is 0 Å². The van der Waals surface area contributed by atoms with Crippen molar-refractivity contribution in [3.05, 3.63) is 40.9 Å². The van der Waals surface area contributed by atoms with E-state index in [9.17, 15) is 0 Å². The highest BCUT2D eigenvalue weighted by atomic mass is 15.3. The average Bonchev–Trinajstić information content (AvgIpc) is 2.60. The van der Waals surface area contributed by atoms with Gasteiger partial charge in [-0.05, 0) is 11.6 Å². The van der Waals surface area contributed by atoms with Crippen LogP contribution in [0.4, 0.5) is 0 Å². The Labute approximate surface area is 80.6 Å². The molecule has 0 saturated carbocycles. The van der Waals surface area contributed by atoms with E-state index in [1.807, 2.05) is 30.5 Å². The molecule has 0 atom stereocenters. The minimum atomic E-state index is 0.435. The van der Waals surface area contributed by atoms with Gasteiger partial charge in [-0.15, -0.1) is 0 Å². The molecule has 0 amide bonds. The zero-order chi connectivity index (χ0) is 9.80. The third kappa shape index (κ3) is 1.67. The van der Waals surface area contributed by atoms with Gasteiger partial charge in [0.15, 0.2) is 0 Å². The number of azide groups is 1. The second kappa shape index (κ2) is 3.81. The van der Waals surface area contributed by atoms with Crippen molar-refractivity contribution in [1.82, 2.24) is 9.78 Å². The zero-order valence-corrected chi connectivity index (χ0v) is 7.54. The molecule has 1 aromatic heterocycles. The van der Waals surface area contributed by atoms with E-state index in [4.69, 9.17) is 5.53 Å². The first kappa shape index (κ1) is 8.59. The van der Waals surface area contributed by atoms with Gasteiger partial charge in [-0.3, -0.25) is 4.68 Å². The maximum Gasteiger partial charge on any atom is 0.0923 e. The summed E-state index contributed by atoms with van der Waals surface area (Å²) in [5.41, 5.74) is 9.08.